The van der Waals surface area contributed by atoms with Gasteiger partial charge in [-0.2, -0.15) is 4.98 Å². The number of benzene rings is 1. The average Bonchev–Trinajstić information content (AvgIpc) is 3.19. The lowest BCUT2D eigenvalue weighted by molar-refractivity contribution is -0.146. The molecule has 0 N–H and O–H groups in total. The molecule has 0 fully saturated rings. The van der Waals surface area contributed by atoms with Crippen molar-refractivity contribution in [3.8, 4) is 11.4 Å². The molecule has 0 radical (unpaired) electrons. The minimum Gasteiger partial charge on any atom is -0.456 e. The van der Waals surface area contributed by atoms with Crippen LogP contribution in [0.4, 0.5) is 0 Å². The minimum absolute atomic E-state index is 0.0790. The molecule has 3 aromatic rings. The van der Waals surface area contributed by atoms with Gasteiger partial charge >= 0.3 is 10.8 Å². The first-order chi connectivity index (χ1) is 11.6. The van der Waals surface area contributed by atoms with Crippen molar-refractivity contribution in [3.63, 3.8) is 0 Å². The maximum Gasteiger partial charge on any atom is 0.308 e. The van der Waals surface area contributed by atoms with Crippen LogP contribution in [0.5, 0.6) is 0 Å². The van der Waals surface area contributed by atoms with E-state index < -0.39 is 5.97 Å². The van der Waals surface area contributed by atoms with Crippen LogP contribution in [0.2, 0.25) is 0 Å². The molecule has 0 aliphatic heterocycles. The van der Waals surface area contributed by atoms with Crippen LogP contribution in [0.1, 0.15) is 18.0 Å². The average molecular weight is 345 g/mol. The van der Waals surface area contributed by atoms with Crippen LogP contribution in [-0.2, 0) is 22.7 Å². The number of nitrogens with zero attached hydrogens (tertiary/aromatic N) is 3. The number of aryl methyl sites for hydroxylation is 1. The first-order valence-corrected chi connectivity index (χ1v) is 8.20. The Labute approximate surface area is 141 Å². The summed E-state index contributed by atoms with van der Waals surface area (Å²) < 4.78 is 11.7. The van der Waals surface area contributed by atoms with Crippen LogP contribution in [0, 0.1) is 6.92 Å². The Balaban J connectivity index is 1.52. The number of rotatable bonds is 6. The molecule has 0 aliphatic carbocycles. The van der Waals surface area contributed by atoms with Crippen LogP contribution in [0.3, 0.4) is 0 Å². The standard InChI is InChI=1S/C16H15N3O4S/c1-11-10-24-16(21)19(11)8-7-14(20)22-9-13-17-15(18-23-13)12-5-3-2-4-6-12/h2-6,10H,7-9H2,1H3. The molecule has 124 valence electrons. The lowest BCUT2D eigenvalue weighted by Crippen LogP contribution is -2.17. The minimum atomic E-state index is -0.424. The molecule has 8 heteroatoms. The summed E-state index contributed by atoms with van der Waals surface area (Å²) in [5.74, 6) is 0.250. The summed E-state index contributed by atoms with van der Waals surface area (Å²) in [5, 5.41) is 5.61. The quantitative estimate of drug-likeness (QED) is 0.638. The van der Waals surface area contributed by atoms with Crippen LogP contribution in [-0.4, -0.2) is 20.7 Å². The third kappa shape index (κ3) is 3.77. The van der Waals surface area contributed by atoms with Gasteiger partial charge in [-0.25, -0.2) is 0 Å². The van der Waals surface area contributed by atoms with Crippen molar-refractivity contribution in [3.05, 3.63) is 57.0 Å². The fourth-order valence-corrected chi connectivity index (χ4v) is 2.87. The van der Waals surface area contributed by atoms with E-state index in [0.29, 0.717) is 12.4 Å². The zero-order chi connectivity index (χ0) is 16.9. The number of carbonyl (C=O) groups excluding carboxylic acids is 1. The van der Waals surface area contributed by atoms with Gasteiger partial charge in [0.1, 0.15) is 0 Å². The first kappa shape index (κ1) is 16.1. The molecule has 24 heavy (non-hydrogen) atoms. The second-order valence-corrected chi connectivity index (χ2v) is 5.90. The smallest absolute Gasteiger partial charge is 0.308 e. The van der Waals surface area contributed by atoms with E-state index in [1.54, 1.807) is 9.95 Å². The van der Waals surface area contributed by atoms with Crippen molar-refractivity contribution in [2.24, 2.45) is 0 Å². The van der Waals surface area contributed by atoms with E-state index in [0.717, 1.165) is 22.6 Å². The van der Waals surface area contributed by atoms with Gasteiger partial charge in [0.25, 0.3) is 5.89 Å². The van der Waals surface area contributed by atoms with Crippen molar-refractivity contribution in [1.82, 2.24) is 14.7 Å². The fraction of sp³-hybridized carbons (Fsp3) is 0.250. The lowest BCUT2D eigenvalue weighted by Gasteiger charge is -2.04. The molecule has 2 aromatic heterocycles. The van der Waals surface area contributed by atoms with Crippen LogP contribution in [0.15, 0.2) is 45.0 Å². The zero-order valence-electron chi connectivity index (χ0n) is 13.0. The number of hydrogen-bond donors (Lipinski definition) is 0. The van der Waals surface area contributed by atoms with Crippen molar-refractivity contribution in [2.45, 2.75) is 26.5 Å². The molecule has 0 saturated carbocycles. The largest absolute Gasteiger partial charge is 0.456 e. The second kappa shape index (κ2) is 7.22. The predicted molar refractivity (Wildman–Crippen MR) is 87.5 cm³/mol. The maximum atomic E-state index is 11.8. The topological polar surface area (TPSA) is 87.2 Å². The van der Waals surface area contributed by atoms with Gasteiger partial charge in [0, 0.05) is 23.2 Å². The Morgan fingerprint density at radius 2 is 2.12 bits per heavy atom. The van der Waals surface area contributed by atoms with Crippen molar-refractivity contribution in [1.29, 1.82) is 0 Å². The first-order valence-electron chi connectivity index (χ1n) is 7.32. The van der Waals surface area contributed by atoms with Gasteiger partial charge < -0.3 is 13.8 Å². The molecule has 3 rings (SSSR count). The zero-order valence-corrected chi connectivity index (χ0v) is 13.8. The molecule has 0 aliphatic rings. The summed E-state index contributed by atoms with van der Waals surface area (Å²) in [6.45, 7) is 2.04. The number of hydrogen-bond acceptors (Lipinski definition) is 7. The van der Waals surface area contributed by atoms with Gasteiger partial charge in [-0.1, -0.05) is 46.8 Å². The van der Waals surface area contributed by atoms with E-state index in [-0.39, 0.29) is 23.8 Å². The molecular weight excluding hydrogens is 330 g/mol. The summed E-state index contributed by atoms with van der Waals surface area (Å²) in [4.78, 5) is 27.5. The normalized spacial score (nSPS) is 10.7. The molecule has 0 spiro atoms. The van der Waals surface area contributed by atoms with Gasteiger partial charge in [0.2, 0.25) is 5.82 Å². The van der Waals surface area contributed by atoms with E-state index in [4.69, 9.17) is 9.26 Å². The highest BCUT2D eigenvalue weighted by molar-refractivity contribution is 7.07. The third-order valence-electron chi connectivity index (χ3n) is 3.37. The summed E-state index contributed by atoms with van der Waals surface area (Å²) >= 11 is 1.12. The number of esters is 1. The molecule has 1 aromatic carbocycles. The molecule has 0 unspecified atom stereocenters. The van der Waals surface area contributed by atoms with Crippen LogP contribution in [0.25, 0.3) is 11.4 Å². The number of ether oxygens (including phenoxy) is 1. The molecule has 0 bridgehead atoms. The van der Waals surface area contributed by atoms with Crippen molar-refractivity contribution < 1.29 is 14.1 Å². The Hall–Kier alpha value is -2.74. The monoisotopic (exact) mass is 345 g/mol. The Bertz CT molecular complexity index is 882. The molecule has 0 saturated heterocycles. The molecular formula is C16H15N3O4S. The van der Waals surface area contributed by atoms with Gasteiger partial charge in [-0.05, 0) is 6.92 Å². The summed E-state index contributed by atoms with van der Waals surface area (Å²) in [5.41, 5.74) is 1.66. The number of thiazole rings is 1. The predicted octanol–water partition coefficient (Wildman–Crippen LogP) is 2.40. The van der Waals surface area contributed by atoms with Gasteiger partial charge in [0.15, 0.2) is 6.61 Å². The lowest BCUT2D eigenvalue weighted by atomic mass is 10.2. The van der Waals surface area contributed by atoms with Crippen molar-refractivity contribution >= 4 is 17.3 Å². The summed E-state index contributed by atoms with van der Waals surface area (Å²) in [6, 6.07) is 9.37. The molecule has 0 amide bonds. The summed E-state index contributed by atoms with van der Waals surface area (Å²) in [7, 11) is 0. The molecule has 2 heterocycles. The van der Waals surface area contributed by atoms with E-state index >= 15 is 0 Å². The highest BCUT2D eigenvalue weighted by Gasteiger charge is 2.12. The third-order valence-corrected chi connectivity index (χ3v) is 4.25. The molecule has 7 nitrogen and oxygen atoms in total. The maximum absolute atomic E-state index is 11.8. The SMILES string of the molecule is Cc1csc(=O)n1CCC(=O)OCc1nc(-c2ccccc2)no1. The fourth-order valence-electron chi connectivity index (χ4n) is 2.11. The van der Waals surface area contributed by atoms with Crippen LogP contribution >= 0.6 is 11.3 Å². The van der Waals surface area contributed by atoms with Gasteiger partial charge in [0.05, 0.1) is 6.42 Å². The Morgan fingerprint density at radius 3 is 2.83 bits per heavy atom. The van der Waals surface area contributed by atoms with Crippen molar-refractivity contribution in [2.75, 3.05) is 0 Å². The Kier molecular flexibility index (Phi) is 4.85. The molecule has 0 atom stereocenters. The van der Waals surface area contributed by atoms with E-state index in [1.807, 2.05) is 37.3 Å². The number of aromatic nitrogens is 3. The number of carbonyl (C=O) groups is 1. The van der Waals surface area contributed by atoms with E-state index in [9.17, 15) is 9.59 Å². The highest BCUT2D eigenvalue weighted by atomic mass is 32.1. The highest BCUT2D eigenvalue weighted by Crippen LogP contribution is 2.15. The van der Waals surface area contributed by atoms with E-state index in [2.05, 4.69) is 10.1 Å². The van der Waals surface area contributed by atoms with Gasteiger partial charge in [-0.15, -0.1) is 0 Å². The Morgan fingerprint density at radius 1 is 1.33 bits per heavy atom. The second-order valence-electron chi connectivity index (χ2n) is 5.08. The van der Waals surface area contributed by atoms with Gasteiger partial charge in [-0.3, -0.25) is 9.59 Å². The van der Waals surface area contributed by atoms with E-state index in [1.165, 1.54) is 0 Å². The van der Waals surface area contributed by atoms with Crippen LogP contribution < -0.4 is 4.87 Å². The summed E-state index contributed by atoms with van der Waals surface area (Å²) in [6.07, 6.45) is 0.108.